The molecule has 0 bridgehead atoms. The lowest BCUT2D eigenvalue weighted by Crippen LogP contribution is -2.40. The molecule has 2 atom stereocenters. The van der Waals surface area contributed by atoms with Crippen molar-refractivity contribution in [1.29, 1.82) is 0 Å². The van der Waals surface area contributed by atoms with Crippen LogP contribution in [0.25, 0.3) is 0 Å². The molecule has 2 unspecified atom stereocenters. The number of rotatable bonds is 2. The SMILES string of the molecule is COc1nc(N2CCC(Br)C(C)C2)ncc1Br. The highest BCUT2D eigenvalue weighted by atomic mass is 79.9. The van der Waals surface area contributed by atoms with Gasteiger partial charge in [0, 0.05) is 17.9 Å². The summed E-state index contributed by atoms with van der Waals surface area (Å²) in [6.45, 7) is 4.19. The summed E-state index contributed by atoms with van der Waals surface area (Å²) in [7, 11) is 1.62. The Morgan fingerprint density at radius 3 is 2.94 bits per heavy atom. The Bertz CT molecular complexity index is 402. The van der Waals surface area contributed by atoms with Gasteiger partial charge in [-0.2, -0.15) is 4.98 Å². The van der Waals surface area contributed by atoms with Crippen molar-refractivity contribution in [2.75, 3.05) is 25.1 Å². The van der Waals surface area contributed by atoms with Gasteiger partial charge >= 0.3 is 0 Å². The summed E-state index contributed by atoms with van der Waals surface area (Å²) in [6.07, 6.45) is 2.86. The number of halogens is 2. The summed E-state index contributed by atoms with van der Waals surface area (Å²) in [5.74, 6) is 1.93. The fourth-order valence-corrected chi connectivity index (χ4v) is 2.66. The van der Waals surface area contributed by atoms with Gasteiger partial charge in [0.1, 0.15) is 0 Å². The molecule has 1 aromatic heterocycles. The van der Waals surface area contributed by atoms with E-state index >= 15 is 0 Å². The van der Waals surface area contributed by atoms with Crippen LogP contribution in [-0.4, -0.2) is 35.0 Å². The molecule has 0 aliphatic carbocycles. The number of alkyl halides is 1. The van der Waals surface area contributed by atoms with Crippen LogP contribution in [0.2, 0.25) is 0 Å². The van der Waals surface area contributed by atoms with Gasteiger partial charge in [0.2, 0.25) is 11.8 Å². The van der Waals surface area contributed by atoms with Crippen molar-refractivity contribution in [3.63, 3.8) is 0 Å². The summed E-state index contributed by atoms with van der Waals surface area (Å²) in [5, 5.41) is 0. The minimum absolute atomic E-state index is 0.587. The van der Waals surface area contributed by atoms with Gasteiger partial charge in [0.25, 0.3) is 0 Å². The normalized spacial score (nSPS) is 24.8. The van der Waals surface area contributed by atoms with Crippen molar-refractivity contribution in [2.45, 2.75) is 18.2 Å². The third kappa shape index (κ3) is 2.91. The first-order valence-electron chi connectivity index (χ1n) is 5.57. The van der Waals surface area contributed by atoms with Crippen LogP contribution in [0.15, 0.2) is 10.7 Å². The van der Waals surface area contributed by atoms with Gasteiger partial charge in [0.05, 0.1) is 17.8 Å². The third-order valence-electron chi connectivity index (χ3n) is 2.98. The highest BCUT2D eigenvalue weighted by Crippen LogP contribution is 2.28. The van der Waals surface area contributed by atoms with Gasteiger partial charge in [-0.25, -0.2) is 4.98 Å². The Morgan fingerprint density at radius 1 is 1.53 bits per heavy atom. The van der Waals surface area contributed by atoms with E-state index in [1.165, 1.54) is 0 Å². The maximum absolute atomic E-state index is 5.19. The molecule has 0 N–H and O–H groups in total. The zero-order valence-corrected chi connectivity index (χ0v) is 13.0. The maximum Gasteiger partial charge on any atom is 0.232 e. The average Bonchev–Trinajstić information content (AvgIpc) is 2.33. The molecule has 0 spiro atoms. The highest BCUT2D eigenvalue weighted by molar-refractivity contribution is 9.10. The van der Waals surface area contributed by atoms with E-state index in [1.807, 2.05) is 0 Å². The molecule has 2 rings (SSSR count). The van der Waals surface area contributed by atoms with Crippen molar-refractivity contribution in [3.8, 4) is 5.88 Å². The quantitative estimate of drug-likeness (QED) is 0.756. The number of methoxy groups -OCH3 is 1. The summed E-state index contributed by atoms with van der Waals surface area (Å²) < 4.78 is 5.97. The first-order valence-corrected chi connectivity index (χ1v) is 7.28. The summed E-state index contributed by atoms with van der Waals surface area (Å²) in [4.78, 5) is 11.5. The minimum atomic E-state index is 0.587. The van der Waals surface area contributed by atoms with E-state index in [0.717, 1.165) is 29.9 Å². The van der Waals surface area contributed by atoms with Gasteiger partial charge in [-0.3, -0.25) is 0 Å². The lowest BCUT2D eigenvalue weighted by molar-refractivity contribution is 0.391. The van der Waals surface area contributed by atoms with E-state index < -0.39 is 0 Å². The van der Waals surface area contributed by atoms with Gasteiger partial charge in [-0.1, -0.05) is 22.9 Å². The van der Waals surface area contributed by atoms with Crippen LogP contribution in [-0.2, 0) is 0 Å². The van der Waals surface area contributed by atoms with Crippen LogP contribution in [0.1, 0.15) is 13.3 Å². The number of nitrogens with zero attached hydrogens (tertiary/aromatic N) is 3. The summed E-state index contributed by atoms with van der Waals surface area (Å²) >= 11 is 7.05. The van der Waals surface area contributed by atoms with Crippen LogP contribution in [0.3, 0.4) is 0 Å². The smallest absolute Gasteiger partial charge is 0.232 e. The van der Waals surface area contributed by atoms with Gasteiger partial charge in [-0.15, -0.1) is 0 Å². The molecule has 17 heavy (non-hydrogen) atoms. The van der Waals surface area contributed by atoms with Crippen molar-refractivity contribution >= 4 is 37.8 Å². The van der Waals surface area contributed by atoms with E-state index in [9.17, 15) is 0 Å². The second-order valence-corrected chi connectivity index (χ2v) is 6.29. The molecule has 1 aliphatic rings. The maximum atomic E-state index is 5.19. The van der Waals surface area contributed by atoms with Crippen molar-refractivity contribution < 1.29 is 4.74 Å². The highest BCUT2D eigenvalue weighted by Gasteiger charge is 2.25. The second-order valence-electron chi connectivity index (χ2n) is 4.26. The number of hydrogen-bond donors (Lipinski definition) is 0. The zero-order chi connectivity index (χ0) is 12.4. The van der Waals surface area contributed by atoms with Crippen LogP contribution in [0.5, 0.6) is 5.88 Å². The Morgan fingerprint density at radius 2 is 2.29 bits per heavy atom. The molecule has 0 amide bonds. The molecule has 0 radical (unpaired) electrons. The zero-order valence-electron chi connectivity index (χ0n) is 9.86. The third-order valence-corrected chi connectivity index (χ3v) is 4.88. The fraction of sp³-hybridized carbons (Fsp3) is 0.636. The largest absolute Gasteiger partial charge is 0.480 e. The van der Waals surface area contributed by atoms with E-state index in [0.29, 0.717) is 16.6 Å². The molecule has 0 saturated carbocycles. The molecule has 94 valence electrons. The molecule has 4 nitrogen and oxygen atoms in total. The number of ether oxygens (including phenoxy) is 1. The molecule has 1 saturated heterocycles. The molecule has 6 heteroatoms. The van der Waals surface area contributed by atoms with Crippen molar-refractivity contribution in [3.05, 3.63) is 10.7 Å². The van der Waals surface area contributed by atoms with E-state index in [4.69, 9.17) is 4.74 Å². The standard InChI is InChI=1S/C11H15Br2N3O/c1-7-6-16(4-3-8(7)12)11-14-5-9(13)10(15-11)17-2/h5,7-8H,3-4,6H2,1-2H3. The number of piperidine rings is 1. The van der Waals surface area contributed by atoms with Crippen LogP contribution < -0.4 is 9.64 Å². The van der Waals surface area contributed by atoms with Crippen molar-refractivity contribution in [1.82, 2.24) is 9.97 Å². The van der Waals surface area contributed by atoms with Crippen LogP contribution in [0, 0.1) is 5.92 Å². The predicted octanol–water partition coefficient (Wildman–Crippen LogP) is 2.86. The Hall–Kier alpha value is -0.360. The molecular weight excluding hydrogens is 350 g/mol. The fourth-order valence-electron chi connectivity index (χ4n) is 1.94. The van der Waals surface area contributed by atoms with Crippen molar-refractivity contribution in [2.24, 2.45) is 5.92 Å². The lowest BCUT2D eigenvalue weighted by atomic mass is 10.0. The summed E-state index contributed by atoms with van der Waals surface area (Å²) in [6, 6.07) is 0. The lowest BCUT2D eigenvalue weighted by Gasteiger charge is -2.34. The summed E-state index contributed by atoms with van der Waals surface area (Å²) in [5.41, 5.74) is 0. The molecular formula is C11H15Br2N3O. The number of hydrogen-bond acceptors (Lipinski definition) is 4. The number of aromatic nitrogens is 2. The second kappa shape index (κ2) is 5.52. The van der Waals surface area contributed by atoms with E-state index in [-0.39, 0.29) is 0 Å². The first-order chi connectivity index (χ1) is 8.11. The molecule has 2 heterocycles. The average molecular weight is 365 g/mol. The topological polar surface area (TPSA) is 38.2 Å². The Labute approximate surface area is 118 Å². The van der Waals surface area contributed by atoms with Gasteiger partial charge in [-0.05, 0) is 28.3 Å². The van der Waals surface area contributed by atoms with Crippen LogP contribution >= 0.6 is 31.9 Å². The molecule has 0 aromatic carbocycles. The Kier molecular flexibility index (Phi) is 4.25. The van der Waals surface area contributed by atoms with Gasteiger partial charge in [0.15, 0.2) is 0 Å². The molecule has 1 fully saturated rings. The van der Waals surface area contributed by atoms with Gasteiger partial charge < -0.3 is 9.64 Å². The molecule has 1 aliphatic heterocycles. The first kappa shape index (κ1) is 13.1. The Balaban J connectivity index is 2.17. The number of anilines is 1. The monoisotopic (exact) mass is 363 g/mol. The minimum Gasteiger partial charge on any atom is -0.480 e. The van der Waals surface area contributed by atoms with Crippen LogP contribution in [0.4, 0.5) is 5.95 Å². The molecule has 1 aromatic rings. The van der Waals surface area contributed by atoms with E-state index in [2.05, 4.69) is 53.7 Å². The predicted molar refractivity (Wildman–Crippen MR) is 75.0 cm³/mol. The van der Waals surface area contributed by atoms with E-state index in [1.54, 1.807) is 13.3 Å².